The summed E-state index contributed by atoms with van der Waals surface area (Å²) in [5.41, 5.74) is 3.09. The molecule has 5 nitrogen and oxygen atoms in total. The van der Waals surface area contributed by atoms with Gasteiger partial charge in [0.25, 0.3) is 5.91 Å². The van der Waals surface area contributed by atoms with Crippen LogP contribution >= 0.6 is 11.6 Å². The van der Waals surface area contributed by atoms with Crippen molar-refractivity contribution in [1.29, 1.82) is 0 Å². The molecule has 146 valence electrons. The Morgan fingerprint density at radius 2 is 1.97 bits per heavy atom. The van der Waals surface area contributed by atoms with Crippen LogP contribution in [0.4, 0.5) is 0 Å². The quantitative estimate of drug-likeness (QED) is 0.488. The molecule has 0 radical (unpaired) electrons. The van der Waals surface area contributed by atoms with E-state index >= 15 is 0 Å². The van der Waals surface area contributed by atoms with Gasteiger partial charge in [0, 0.05) is 23.0 Å². The fourth-order valence-electron chi connectivity index (χ4n) is 3.13. The van der Waals surface area contributed by atoms with Crippen LogP contribution in [-0.4, -0.2) is 15.3 Å². The highest BCUT2D eigenvalue weighted by molar-refractivity contribution is 6.31. The SMILES string of the molecule is CC(NC(=O)c1cccc(OCc2cn3ccccc3n2)c1)c1ccccc1Cl. The van der Waals surface area contributed by atoms with Gasteiger partial charge in [0.1, 0.15) is 18.0 Å². The van der Waals surface area contributed by atoms with E-state index in [1.54, 1.807) is 18.2 Å². The monoisotopic (exact) mass is 405 g/mol. The molecule has 2 heterocycles. The minimum Gasteiger partial charge on any atom is -0.487 e. The van der Waals surface area contributed by atoms with Crippen LogP contribution in [0.3, 0.4) is 0 Å². The standard InChI is InChI=1S/C23H20ClN3O2/c1-16(20-9-2-3-10-21(20)24)25-23(28)17-7-6-8-19(13-17)29-15-18-14-27-12-5-4-11-22(27)26-18/h2-14,16H,15H2,1H3,(H,25,28). The number of halogens is 1. The number of amides is 1. The van der Waals surface area contributed by atoms with Crippen LogP contribution in [0.2, 0.25) is 5.02 Å². The Labute approximate surface area is 173 Å². The van der Waals surface area contributed by atoms with Gasteiger partial charge in [-0.2, -0.15) is 0 Å². The molecule has 6 heteroatoms. The Morgan fingerprint density at radius 3 is 2.79 bits per heavy atom. The zero-order chi connectivity index (χ0) is 20.2. The molecule has 1 atom stereocenters. The van der Waals surface area contributed by atoms with Gasteiger partial charge in [0.15, 0.2) is 0 Å². The van der Waals surface area contributed by atoms with E-state index in [-0.39, 0.29) is 11.9 Å². The highest BCUT2D eigenvalue weighted by Crippen LogP contribution is 2.23. The highest BCUT2D eigenvalue weighted by atomic mass is 35.5. The van der Waals surface area contributed by atoms with Crippen molar-refractivity contribution in [3.63, 3.8) is 0 Å². The first-order valence-corrected chi connectivity index (χ1v) is 9.69. The molecule has 29 heavy (non-hydrogen) atoms. The number of rotatable bonds is 6. The molecule has 4 rings (SSSR count). The molecule has 0 fully saturated rings. The second kappa shape index (κ2) is 8.37. The minimum absolute atomic E-state index is 0.185. The Balaban J connectivity index is 1.42. The maximum Gasteiger partial charge on any atom is 0.251 e. The zero-order valence-corrected chi connectivity index (χ0v) is 16.6. The maximum atomic E-state index is 12.7. The smallest absolute Gasteiger partial charge is 0.251 e. The number of benzene rings is 2. The predicted molar refractivity (Wildman–Crippen MR) is 113 cm³/mol. The molecule has 1 unspecified atom stereocenters. The molecular weight excluding hydrogens is 386 g/mol. The Morgan fingerprint density at radius 1 is 1.14 bits per heavy atom. The summed E-state index contributed by atoms with van der Waals surface area (Å²) in [6.07, 6.45) is 3.87. The van der Waals surface area contributed by atoms with Crippen molar-refractivity contribution in [2.24, 2.45) is 0 Å². The lowest BCUT2D eigenvalue weighted by Crippen LogP contribution is -2.26. The zero-order valence-electron chi connectivity index (χ0n) is 15.9. The molecule has 0 aliphatic rings. The average Bonchev–Trinajstić information content (AvgIpc) is 3.16. The summed E-state index contributed by atoms with van der Waals surface area (Å²) >= 11 is 6.22. The Bertz CT molecular complexity index is 1120. The number of hydrogen-bond donors (Lipinski definition) is 1. The first-order chi connectivity index (χ1) is 14.1. The Kier molecular flexibility index (Phi) is 5.49. The lowest BCUT2D eigenvalue weighted by Gasteiger charge is -2.16. The number of aromatic nitrogens is 2. The lowest BCUT2D eigenvalue weighted by molar-refractivity contribution is 0.0939. The number of ether oxygens (including phenoxy) is 1. The highest BCUT2D eigenvalue weighted by Gasteiger charge is 2.14. The van der Waals surface area contributed by atoms with Crippen LogP contribution < -0.4 is 10.1 Å². The van der Waals surface area contributed by atoms with Crippen LogP contribution in [0.5, 0.6) is 5.75 Å². The van der Waals surface area contributed by atoms with E-state index in [4.69, 9.17) is 16.3 Å². The lowest BCUT2D eigenvalue weighted by atomic mass is 10.1. The van der Waals surface area contributed by atoms with Crippen LogP contribution in [0.25, 0.3) is 5.65 Å². The molecule has 0 saturated carbocycles. The molecule has 1 amide bonds. The third-order valence-electron chi connectivity index (χ3n) is 4.62. The van der Waals surface area contributed by atoms with Gasteiger partial charge in [-0.3, -0.25) is 4.79 Å². The van der Waals surface area contributed by atoms with Gasteiger partial charge in [-0.15, -0.1) is 0 Å². The van der Waals surface area contributed by atoms with E-state index in [0.717, 1.165) is 16.9 Å². The van der Waals surface area contributed by atoms with Gasteiger partial charge in [0.05, 0.1) is 11.7 Å². The predicted octanol–water partition coefficient (Wildman–Crippen LogP) is 5.06. The average molecular weight is 406 g/mol. The number of carbonyl (C=O) groups is 1. The number of fused-ring (bicyclic) bond motifs is 1. The molecule has 2 aromatic heterocycles. The van der Waals surface area contributed by atoms with E-state index in [9.17, 15) is 4.79 Å². The first kappa shape index (κ1) is 19.0. The second-order valence-corrected chi connectivity index (χ2v) is 7.14. The summed E-state index contributed by atoms with van der Waals surface area (Å²) in [6, 6.07) is 20.2. The number of nitrogens with zero attached hydrogens (tertiary/aromatic N) is 2. The van der Waals surface area contributed by atoms with Gasteiger partial charge in [0.2, 0.25) is 0 Å². The van der Waals surface area contributed by atoms with Crippen LogP contribution in [-0.2, 0) is 6.61 Å². The van der Waals surface area contributed by atoms with E-state index in [1.807, 2.05) is 72.2 Å². The van der Waals surface area contributed by atoms with Gasteiger partial charge >= 0.3 is 0 Å². The number of hydrogen-bond acceptors (Lipinski definition) is 3. The van der Waals surface area contributed by atoms with E-state index in [2.05, 4.69) is 10.3 Å². The normalized spacial score (nSPS) is 11.9. The second-order valence-electron chi connectivity index (χ2n) is 6.73. The molecule has 0 spiro atoms. The first-order valence-electron chi connectivity index (χ1n) is 9.31. The molecule has 2 aromatic carbocycles. The molecule has 1 N–H and O–H groups in total. The van der Waals surface area contributed by atoms with Gasteiger partial charge in [-0.1, -0.05) is 41.9 Å². The van der Waals surface area contributed by atoms with Gasteiger partial charge in [-0.05, 0) is 48.9 Å². The van der Waals surface area contributed by atoms with E-state index in [1.165, 1.54) is 0 Å². The number of carbonyl (C=O) groups excluding carboxylic acids is 1. The maximum absolute atomic E-state index is 12.7. The summed E-state index contributed by atoms with van der Waals surface area (Å²) < 4.78 is 7.79. The molecule has 0 saturated heterocycles. The molecule has 4 aromatic rings. The minimum atomic E-state index is -0.209. The fourth-order valence-corrected chi connectivity index (χ4v) is 3.42. The summed E-state index contributed by atoms with van der Waals surface area (Å²) in [4.78, 5) is 17.2. The summed E-state index contributed by atoms with van der Waals surface area (Å²) in [6.45, 7) is 2.23. The van der Waals surface area contributed by atoms with Crippen LogP contribution in [0.1, 0.15) is 34.6 Å². The van der Waals surface area contributed by atoms with E-state index in [0.29, 0.717) is 22.9 Å². The fraction of sp³-hybridized carbons (Fsp3) is 0.130. The van der Waals surface area contributed by atoms with Crippen molar-refractivity contribution < 1.29 is 9.53 Å². The largest absolute Gasteiger partial charge is 0.487 e. The molecule has 0 aliphatic heterocycles. The summed E-state index contributed by atoms with van der Waals surface area (Å²) in [5.74, 6) is 0.427. The summed E-state index contributed by atoms with van der Waals surface area (Å²) in [5, 5.41) is 3.61. The molecule has 0 aliphatic carbocycles. The van der Waals surface area contributed by atoms with Crippen molar-refractivity contribution >= 4 is 23.2 Å². The summed E-state index contributed by atoms with van der Waals surface area (Å²) in [7, 11) is 0. The van der Waals surface area contributed by atoms with Crippen molar-refractivity contribution in [2.45, 2.75) is 19.6 Å². The molecular formula is C23H20ClN3O2. The third kappa shape index (κ3) is 4.41. The number of pyridine rings is 1. The number of imidazole rings is 1. The van der Waals surface area contributed by atoms with Crippen LogP contribution in [0.15, 0.2) is 79.1 Å². The Hall–Kier alpha value is -3.31. The van der Waals surface area contributed by atoms with Crippen LogP contribution in [0, 0.1) is 0 Å². The van der Waals surface area contributed by atoms with Gasteiger partial charge < -0.3 is 14.5 Å². The van der Waals surface area contributed by atoms with Crippen molar-refractivity contribution in [1.82, 2.24) is 14.7 Å². The molecule has 0 bridgehead atoms. The van der Waals surface area contributed by atoms with Crippen molar-refractivity contribution in [2.75, 3.05) is 0 Å². The van der Waals surface area contributed by atoms with Crippen molar-refractivity contribution in [3.05, 3.63) is 101 Å². The third-order valence-corrected chi connectivity index (χ3v) is 4.96. The van der Waals surface area contributed by atoms with Crippen molar-refractivity contribution in [3.8, 4) is 5.75 Å². The van der Waals surface area contributed by atoms with Gasteiger partial charge in [-0.25, -0.2) is 4.98 Å². The topological polar surface area (TPSA) is 55.6 Å². The van der Waals surface area contributed by atoms with E-state index < -0.39 is 0 Å². The number of nitrogens with one attached hydrogen (secondary N) is 1.